The van der Waals surface area contributed by atoms with Gasteiger partial charge in [0, 0.05) is 32.9 Å². The molecule has 9 nitrogen and oxygen atoms in total. The molecule has 5 atom stereocenters. The molecule has 182 valence electrons. The van der Waals surface area contributed by atoms with Crippen LogP contribution < -0.4 is 0 Å². The number of hydrogen-bond acceptors (Lipinski definition) is 6. The molecule has 2 aliphatic rings. The maximum atomic E-state index is 13.7. The van der Waals surface area contributed by atoms with E-state index in [4.69, 9.17) is 0 Å². The van der Waals surface area contributed by atoms with E-state index in [1.54, 1.807) is 30.3 Å². The molecule has 35 heavy (non-hydrogen) atoms. The normalized spacial score (nSPS) is 24.6. The molecule has 1 saturated carbocycles. The molecule has 2 aromatic carbocycles. The molecule has 1 aliphatic heterocycles. The smallest absolute Gasteiger partial charge is 0.273 e. The second kappa shape index (κ2) is 9.98. The summed E-state index contributed by atoms with van der Waals surface area (Å²) in [7, 11) is 0. The van der Waals surface area contributed by atoms with Gasteiger partial charge in [-0.3, -0.25) is 29.3 Å². The first kappa shape index (κ1) is 25.2. The minimum absolute atomic E-state index is 0.00974. The highest BCUT2D eigenvalue weighted by Gasteiger charge is 2.55. The van der Waals surface area contributed by atoms with Crippen LogP contribution >= 0.6 is 31.9 Å². The quantitative estimate of drug-likeness (QED) is 0.160. The lowest BCUT2D eigenvalue weighted by Gasteiger charge is -2.34. The van der Waals surface area contributed by atoms with Crippen molar-refractivity contribution in [1.82, 2.24) is 10.0 Å². The Hall–Kier alpha value is -2.92. The zero-order valence-corrected chi connectivity index (χ0v) is 21.7. The molecule has 0 aromatic heterocycles. The lowest BCUT2D eigenvalue weighted by Crippen LogP contribution is -2.56. The van der Waals surface area contributed by atoms with Gasteiger partial charge in [0.15, 0.2) is 5.78 Å². The number of hydrogen-bond donors (Lipinski definition) is 0. The predicted molar refractivity (Wildman–Crippen MR) is 133 cm³/mol. The van der Waals surface area contributed by atoms with Crippen LogP contribution in [0.25, 0.3) is 0 Å². The van der Waals surface area contributed by atoms with Crippen LogP contribution in [0.1, 0.15) is 40.5 Å². The third-order valence-corrected chi connectivity index (χ3v) is 9.17. The van der Waals surface area contributed by atoms with Gasteiger partial charge in [0.2, 0.25) is 0 Å². The molecule has 1 saturated heterocycles. The van der Waals surface area contributed by atoms with Crippen LogP contribution in [-0.2, 0) is 9.59 Å². The molecule has 0 radical (unpaired) electrons. The fraction of sp³-hybridized carbons (Fsp3) is 0.333. The zero-order valence-electron chi connectivity index (χ0n) is 18.5. The van der Waals surface area contributed by atoms with Gasteiger partial charge in [-0.1, -0.05) is 62.2 Å². The van der Waals surface area contributed by atoms with E-state index in [-0.39, 0.29) is 20.9 Å². The van der Waals surface area contributed by atoms with Gasteiger partial charge in [-0.05, 0) is 31.9 Å². The Balaban J connectivity index is 1.74. The Morgan fingerprint density at radius 2 is 1.46 bits per heavy atom. The van der Waals surface area contributed by atoms with Gasteiger partial charge in [0.1, 0.15) is 6.04 Å². The topological polar surface area (TPSA) is 118 Å². The molecule has 1 aliphatic carbocycles. The SMILES string of the molecule is C[C@H](C(=O)c1ccccc1)N(C(=O)c1ccc([N+](=O)[O-])cc1)N1C(=O)[C@@H]2C[C@H](Br)[C@@H](Br)C[C@H]2C1=O. The summed E-state index contributed by atoms with van der Waals surface area (Å²) in [6.07, 6.45) is 0.810. The standard InChI is InChI=1S/C24H21Br2N3O6/c1-13(21(30)14-5-3-2-4-6-14)27(22(31)15-7-9-16(10-8-15)29(34)35)28-23(32)17-11-19(25)20(26)12-18(17)24(28)33/h2-10,13,17-20H,11-12H2,1H3/t13-,17-,18-,19+,20+/m1/s1. The van der Waals surface area contributed by atoms with Crippen LogP contribution in [0.15, 0.2) is 54.6 Å². The molecule has 2 fully saturated rings. The van der Waals surface area contributed by atoms with Crippen LogP contribution in [0, 0.1) is 22.0 Å². The summed E-state index contributed by atoms with van der Waals surface area (Å²) in [5.74, 6) is -3.53. The number of carbonyl (C=O) groups excluding carboxylic acids is 4. The highest BCUT2D eigenvalue weighted by molar-refractivity contribution is 9.12. The van der Waals surface area contributed by atoms with Gasteiger partial charge in [-0.2, -0.15) is 5.01 Å². The summed E-state index contributed by atoms with van der Waals surface area (Å²) in [6, 6.07) is 11.9. The molecular weight excluding hydrogens is 586 g/mol. The summed E-state index contributed by atoms with van der Waals surface area (Å²) in [4.78, 5) is 64.3. The maximum Gasteiger partial charge on any atom is 0.273 e. The van der Waals surface area contributed by atoms with Crippen molar-refractivity contribution in [3.63, 3.8) is 0 Å². The van der Waals surface area contributed by atoms with Crippen molar-refractivity contribution in [2.24, 2.45) is 11.8 Å². The summed E-state index contributed by atoms with van der Waals surface area (Å²) < 4.78 is 0. The predicted octanol–water partition coefficient (Wildman–Crippen LogP) is 4.15. The second-order valence-corrected chi connectivity index (χ2v) is 10.9. The Morgan fingerprint density at radius 3 is 1.94 bits per heavy atom. The van der Waals surface area contributed by atoms with Crippen LogP contribution in [-0.4, -0.2) is 54.1 Å². The summed E-state index contributed by atoms with van der Waals surface area (Å²) in [5, 5.41) is 12.7. The number of fused-ring (bicyclic) bond motifs is 1. The molecular formula is C24H21Br2N3O6. The number of ketones is 1. The summed E-state index contributed by atoms with van der Waals surface area (Å²) in [6.45, 7) is 1.46. The summed E-state index contributed by atoms with van der Waals surface area (Å²) >= 11 is 7.09. The molecule has 0 unspecified atom stereocenters. The number of benzene rings is 2. The molecule has 0 N–H and O–H groups in total. The fourth-order valence-electron chi connectivity index (χ4n) is 4.54. The number of non-ortho nitro benzene ring substituents is 1. The van der Waals surface area contributed by atoms with Gasteiger partial charge in [-0.25, -0.2) is 5.01 Å². The maximum absolute atomic E-state index is 13.7. The first-order valence-electron chi connectivity index (χ1n) is 10.9. The number of imide groups is 1. The van der Waals surface area contributed by atoms with Gasteiger partial charge >= 0.3 is 0 Å². The number of nitro benzene ring substituents is 1. The first-order chi connectivity index (χ1) is 16.6. The van der Waals surface area contributed by atoms with Crippen LogP contribution in [0.5, 0.6) is 0 Å². The fourth-order valence-corrected chi connectivity index (χ4v) is 5.78. The third kappa shape index (κ3) is 4.66. The number of halogens is 2. The molecule has 4 rings (SSSR count). The number of Topliss-reactive ketones (excluding diaryl/α,β-unsaturated/α-hetero) is 1. The molecule has 3 amide bonds. The minimum atomic E-state index is -1.19. The number of nitrogens with zero attached hydrogens (tertiary/aromatic N) is 3. The van der Waals surface area contributed by atoms with E-state index in [0.717, 1.165) is 22.2 Å². The highest BCUT2D eigenvalue weighted by atomic mass is 79.9. The van der Waals surface area contributed by atoms with Crippen LogP contribution in [0.4, 0.5) is 5.69 Å². The Labute approximate surface area is 217 Å². The number of amides is 3. The van der Waals surface area contributed by atoms with Crippen molar-refractivity contribution in [1.29, 1.82) is 0 Å². The van der Waals surface area contributed by atoms with E-state index in [1.165, 1.54) is 19.1 Å². The average Bonchev–Trinajstić information content (AvgIpc) is 3.08. The number of hydrazine groups is 1. The second-order valence-electron chi connectivity index (χ2n) is 8.56. The van der Waals surface area contributed by atoms with Crippen molar-refractivity contribution in [3.05, 3.63) is 75.8 Å². The van der Waals surface area contributed by atoms with Gasteiger partial charge in [-0.15, -0.1) is 0 Å². The van der Waals surface area contributed by atoms with E-state index in [0.29, 0.717) is 18.4 Å². The molecule has 0 spiro atoms. The Kier molecular flexibility index (Phi) is 7.18. The summed E-state index contributed by atoms with van der Waals surface area (Å²) in [5.41, 5.74) is 0.113. The highest BCUT2D eigenvalue weighted by Crippen LogP contribution is 2.44. The number of rotatable bonds is 6. The third-order valence-electron chi connectivity index (χ3n) is 6.44. The van der Waals surface area contributed by atoms with E-state index in [2.05, 4.69) is 31.9 Å². The van der Waals surface area contributed by atoms with E-state index >= 15 is 0 Å². The minimum Gasteiger partial charge on any atom is -0.292 e. The number of carbonyl (C=O) groups is 4. The monoisotopic (exact) mass is 605 g/mol. The van der Waals surface area contributed by atoms with E-state index in [1.807, 2.05) is 0 Å². The molecule has 0 bridgehead atoms. The molecule has 1 heterocycles. The van der Waals surface area contributed by atoms with Crippen molar-refractivity contribution in [2.75, 3.05) is 0 Å². The average molecular weight is 607 g/mol. The van der Waals surface area contributed by atoms with Crippen LogP contribution in [0.2, 0.25) is 0 Å². The zero-order chi connectivity index (χ0) is 25.4. The van der Waals surface area contributed by atoms with E-state index in [9.17, 15) is 29.3 Å². The van der Waals surface area contributed by atoms with Crippen molar-refractivity contribution >= 4 is 61.1 Å². The van der Waals surface area contributed by atoms with E-state index < -0.39 is 46.3 Å². The number of nitro groups is 1. The lowest BCUT2D eigenvalue weighted by molar-refractivity contribution is -0.384. The van der Waals surface area contributed by atoms with Gasteiger partial charge < -0.3 is 0 Å². The van der Waals surface area contributed by atoms with Crippen molar-refractivity contribution < 1.29 is 24.1 Å². The number of alkyl halides is 2. The molecule has 11 heteroatoms. The van der Waals surface area contributed by atoms with Crippen LogP contribution in [0.3, 0.4) is 0 Å². The Morgan fingerprint density at radius 1 is 0.943 bits per heavy atom. The molecule has 2 aromatic rings. The largest absolute Gasteiger partial charge is 0.292 e. The lowest BCUT2D eigenvalue weighted by atomic mass is 9.81. The Bertz CT molecular complexity index is 1160. The van der Waals surface area contributed by atoms with Gasteiger partial charge in [0.25, 0.3) is 23.4 Å². The van der Waals surface area contributed by atoms with Crippen molar-refractivity contribution in [2.45, 2.75) is 35.5 Å². The van der Waals surface area contributed by atoms with Crippen molar-refractivity contribution in [3.8, 4) is 0 Å². The first-order valence-corrected chi connectivity index (χ1v) is 12.8. The van der Waals surface area contributed by atoms with Gasteiger partial charge in [0.05, 0.1) is 16.8 Å².